The van der Waals surface area contributed by atoms with Crippen LogP contribution < -0.4 is 5.32 Å². The SMILES string of the molecule is O=C(NCCc1cccnc1)N1CCCN(Cc2ccc(Cl)cc2)CC1. The van der Waals surface area contributed by atoms with Crippen molar-refractivity contribution in [2.75, 3.05) is 32.7 Å². The highest BCUT2D eigenvalue weighted by molar-refractivity contribution is 6.30. The zero-order valence-electron chi connectivity index (χ0n) is 14.9. The Kier molecular flexibility index (Phi) is 6.86. The number of amides is 2. The lowest BCUT2D eigenvalue weighted by atomic mass is 10.2. The molecule has 2 heterocycles. The number of carbonyl (C=O) groups is 1. The van der Waals surface area contributed by atoms with Crippen LogP contribution in [0.1, 0.15) is 17.5 Å². The van der Waals surface area contributed by atoms with Crippen molar-refractivity contribution in [3.05, 3.63) is 64.9 Å². The van der Waals surface area contributed by atoms with Crippen LogP contribution in [0, 0.1) is 0 Å². The third kappa shape index (κ3) is 5.71. The zero-order valence-corrected chi connectivity index (χ0v) is 15.7. The van der Waals surface area contributed by atoms with E-state index < -0.39 is 0 Å². The number of carbonyl (C=O) groups excluding carboxylic acids is 1. The standard InChI is InChI=1S/C20H25ClN4O/c21-19-6-4-18(5-7-19)16-24-11-2-12-25(14-13-24)20(26)23-10-8-17-3-1-9-22-15-17/h1,3-7,9,15H,2,8,10-14,16H2,(H,23,26). The first kappa shape index (κ1) is 18.7. The number of pyridine rings is 1. The lowest BCUT2D eigenvalue weighted by molar-refractivity contribution is 0.198. The zero-order chi connectivity index (χ0) is 18.2. The number of urea groups is 1. The lowest BCUT2D eigenvalue weighted by Crippen LogP contribution is -2.42. The molecule has 0 unspecified atom stereocenters. The average Bonchev–Trinajstić information content (AvgIpc) is 2.90. The van der Waals surface area contributed by atoms with E-state index >= 15 is 0 Å². The van der Waals surface area contributed by atoms with Crippen molar-refractivity contribution in [3.8, 4) is 0 Å². The number of hydrogen-bond donors (Lipinski definition) is 1. The maximum atomic E-state index is 12.4. The van der Waals surface area contributed by atoms with E-state index in [2.05, 4.69) is 27.3 Å². The van der Waals surface area contributed by atoms with Gasteiger partial charge in [0.1, 0.15) is 0 Å². The molecule has 0 radical (unpaired) electrons. The molecule has 0 saturated carbocycles. The van der Waals surface area contributed by atoms with Crippen LogP contribution in [-0.4, -0.2) is 53.5 Å². The Bertz CT molecular complexity index is 693. The first-order valence-corrected chi connectivity index (χ1v) is 9.47. The summed E-state index contributed by atoms with van der Waals surface area (Å²) in [4.78, 5) is 20.8. The maximum Gasteiger partial charge on any atom is 0.317 e. The van der Waals surface area contributed by atoms with Crippen molar-refractivity contribution in [2.45, 2.75) is 19.4 Å². The molecule has 6 heteroatoms. The van der Waals surface area contributed by atoms with Crippen molar-refractivity contribution < 1.29 is 4.79 Å². The van der Waals surface area contributed by atoms with Crippen LogP contribution in [0.4, 0.5) is 4.79 Å². The normalized spacial score (nSPS) is 15.5. The fourth-order valence-electron chi connectivity index (χ4n) is 3.15. The highest BCUT2D eigenvalue weighted by Gasteiger charge is 2.18. The molecule has 1 aromatic carbocycles. The van der Waals surface area contributed by atoms with E-state index in [-0.39, 0.29) is 6.03 Å². The number of nitrogens with zero attached hydrogens (tertiary/aromatic N) is 3. The molecule has 1 fully saturated rings. The monoisotopic (exact) mass is 372 g/mol. The average molecular weight is 373 g/mol. The molecular weight excluding hydrogens is 348 g/mol. The van der Waals surface area contributed by atoms with E-state index in [9.17, 15) is 4.79 Å². The van der Waals surface area contributed by atoms with E-state index in [1.54, 1.807) is 6.20 Å². The molecule has 1 aliphatic heterocycles. The second-order valence-electron chi connectivity index (χ2n) is 6.59. The molecule has 1 aromatic heterocycles. The van der Waals surface area contributed by atoms with Crippen molar-refractivity contribution in [1.82, 2.24) is 20.1 Å². The molecule has 2 aromatic rings. The third-order valence-electron chi connectivity index (χ3n) is 4.61. The van der Waals surface area contributed by atoms with E-state index in [0.29, 0.717) is 6.54 Å². The minimum Gasteiger partial charge on any atom is -0.338 e. The van der Waals surface area contributed by atoms with Crippen molar-refractivity contribution in [3.63, 3.8) is 0 Å². The van der Waals surface area contributed by atoms with Gasteiger partial charge in [-0.15, -0.1) is 0 Å². The van der Waals surface area contributed by atoms with Crippen molar-refractivity contribution in [1.29, 1.82) is 0 Å². The van der Waals surface area contributed by atoms with Crippen LogP contribution in [-0.2, 0) is 13.0 Å². The van der Waals surface area contributed by atoms with Gasteiger partial charge in [-0.25, -0.2) is 4.79 Å². The Morgan fingerprint density at radius 3 is 2.69 bits per heavy atom. The van der Waals surface area contributed by atoms with E-state index in [1.807, 2.05) is 35.4 Å². The first-order chi connectivity index (χ1) is 12.7. The van der Waals surface area contributed by atoms with Crippen molar-refractivity contribution in [2.24, 2.45) is 0 Å². The number of hydrogen-bond acceptors (Lipinski definition) is 3. The molecule has 2 amide bonds. The van der Waals surface area contributed by atoms with E-state index in [4.69, 9.17) is 11.6 Å². The second-order valence-corrected chi connectivity index (χ2v) is 7.02. The van der Waals surface area contributed by atoms with Gasteiger partial charge in [0.05, 0.1) is 0 Å². The number of nitrogens with one attached hydrogen (secondary N) is 1. The van der Waals surface area contributed by atoms with Gasteiger partial charge in [0.25, 0.3) is 0 Å². The predicted octanol–water partition coefficient (Wildman–Crippen LogP) is 3.20. The van der Waals surface area contributed by atoms with Crippen LogP contribution in [0.3, 0.4) is 0 Å². The molecule has 1 N–H and O–H groups in total. The third-order valence-corrected chi connectivity index (χ3v) is 4.86. The van der Waals surface area contributed by atoms with Crippen molar-refractivity contribution >= 4 is 17.6 Å². The molecule has 0 bridgehead atoms. The molecule has 1 saturated heterocycles. The molecule has 0 aliphatic carbocycles. The number of halogens is 1. The summed E-state index contributed by atoms with van der Waals surface area (Å²) in [5.41, 5.74) is 2.39. The number of rotatable bonds is 5. The van der Waals surface area contributed by atoms with Crippen LogP contribution in [0.5, 0.6) is 0 Å². The Morgan fingerprint density at radius 2 is 1.92 bits per heavy atom. The highest BCUT2D eigenvalue weighted by atomic mass is 35.5. The van der Waals surface area contributed by atoms with E-state index in [0.717, 1.165) is 56.2 Å². The largest absolute Gasteiger partial charge is 0.338 e. The van der Waals surface area contributed by atoms with Gasteiger partial charge in [-0.3, -0.25) is 9.88 Å². The van der Waals surface area contributed by atoms with Crippen LogP contribution in [0.2, 0.25) is 5.02 Å². The Balaban J connectivity index is 1.42. The van der Waals surface area contributed by atoms with Gasteiger partial charge < -0.3 is 10.2 Å². The number of benzene rings is 1. The summed E-state index contributed by atoms with van der Waals surface area (Å²) in [6.45, 7) is 4.98. The molecule has 26 heavy (non-hydrogen) atoms. The van der Waals surface area contributed by atoms with Gasteiger partial charge in [0.2, 0.25) is 0 Å². The van der Waals surface area contributed by atoms with Gasteiger partial charge in [-0.2, -0.15) is 0 Å². The summed E-state index contributed by atoms with van der Waals surface area (Å²) in [7, 11) is 0. The fourth-order valence-corrected chi connectivity index (χ4v) is 3.28. The molecule has 1 aliphatic rings. The molecule has 3 rings (SSSR count). The Labute approximate surface area is 160 Å². The molecular formula is C20H25ClN4O. The molecule has 5 nitrogen and oxygen atoms in total. The fraction of sp³-hybridized carbons (Fsp3) is 0.400. The van der Waals surface area contributed by atoms with Crippen LogP contribution in [0.15, 0.2) is 48.8 Å². The van der Waals surface area contributed by atoms with E-state index in [1.165, 1.54) is 5.56 Å². The summed E-state index contributed by atoms with van der Waals surface area (Å²) in [5.74, 6) is 0. The van der Waals surface area contributed by atoms with Gasteiger partial charge in [-0.1, -0.05) is 29.8 Å². The topological polar surface area (TPSA) is 48.5 Å². The van der Waals surface area contributed by atoms with Gasteiger partial charge >= 0.3 is 6.03 Å². The molecule has 0 spiro atoms. The summed E-state index contributed by atoms with van der Waals surface area (Å²) < 4.78 is 0. The van der Waals surface area contributed by atoms with Gasteiger partial charge in [0, 0.05) is 56.7 Å². The minimum atomic E-state index is 0.0298. The van der Waals surface area contributed by atoms with Gasteiger partial charge in [0.15, 0.2) is 0 Å². The van der Waals surface area contributed by atoms with Crippen LogP contribution >= 0.6 is 11.6 Å². The number of aromatic nitrogens is 1. The molecule has 0 atom stereocenters. The summed E-state index contributed by atoms with van der Waals surface area (Å²) in [5, 5.41) is 3.79. The quantitative estimate of drug-likeness (QED) is 0.876. The highest BCUT2D eigenvalue weighted by Crippen LogP contribution is 2.13. The predicted molar refractivity (Wildman–Crippen MR) is 104 cm³/mol. The van der Waals surface area contributed by atoms with Crippen LogP contribution in [0.25, 0.3) is 0 Å². The summed E-state index contributed by atoms with van der Waals surface area (Å²) in [6.07, 6.45) is 5.39. The summed E-state index contributed by atoms with van der Waals surface area (Å²) >= 11 is 5.95. The smallest absolute Gasteiger partial charge is 0.317 e. The second kappa shape index (κ2) is 9.55. The maximum absolute atomic E-state index is 12.4. The van der Waals surface area contributed by atoms with Gasteiger partial charge in [-0.05, 0) is 42.2 Å². The first-order valence-electron chi connectivity index (χ1n) is 9.09. The Morgan fingerprint density at radius 1 is 1.08 bits per heavy atom. The lowest BCUT2D eigenvalue weighted by Gasteiger charge is -2.22. The molecule has 138 valence electrons. The summed E-state index contributed by atoms with van der Waals surface area (Å²) in [6, 6.07) is 12.0. The minimum absolute atomic E-state index is 0.0298. The Hall–Kier alpha value is -2.11.